The van der Waals surface area contributed by atoms with Crippen molar-refractivity contribution in [1.29, 1.82) is 0 Å². The van der Waals surface area contributed by atoms with Gasteiger partial charge in [0.15, 0.2) is 0 Å². The molecule has 1 aliphatic heterocycles. The molecular weight excluding hydrogens is 575 g/mol. The van der Waals surface area contributed by atoms with Gasteiger partial charge < -0.3 is 23.7 Å². The Morgan fingerprint density at radius 1 is 0.727 bits per heavy atom. The summed E-state index contributed by atoms with van der Waals surface area (Å²) >= 11 is 1.78. The first-order valence-electron chi connectivity index (χ1n) is 16.9. The lowest BCUT2D eigenvalue weighted by molar-refractivity contribution is -0.268. The molecule has 0 radical (unpaired) electrons. The molecule has 44 heavy (non-hydrogen) atoms. The lowest BCUT2D eigenvalue weighted by atomic mass is 9.89. The Balaban J connectivity index is 1.68. The molecule has 0 spiro atoms. The largest absolute Gasteiger partial charge is 0.379 e. The van der Waals surface area contributed by atoms with Crippen LogP contribution < -0.4 is 0 Å². The van der Waals surface area contributed by atoms with Crippen LogP contribution in [-0.4, -0.2) is 57.5 Å². The Bertz CT molecular complexity index is 1200. The van der Waals surface area contributed by atoms with Crippen molar-refractivity contribution >= 4 is 21.4 Å². The third kappa shape index (κ3) is 9.81. The molecule has 1 aromatic heterocycles. The fraction of sp³-hybridized carbons (Fsp3) is 0.622. The zero-order valence-electron chi connectivity index (χ0n) is 27.2. The van der Waals surface area contributed by atoms with Gasteiger partial charge in [-0.3, -0.25) is 0 Å². The van der Waals surface area contributed by atoms with Gasteiger partial charge >= 0.3 is 0 Å². The number of hydrogen-bond donors (Lipinski definition) is 0. The van der Waals surface area contributed by atoms with E-state index in [1.807, 2.05) is 12.1 Å². The lowest BCUT2D eigenvalue weighted by Crippen LogP contribution is -2.58. The smallest absolute Gasteiger partial charge is 0.129 e. The summed E-state index contributed by atoms with van der Waals surface area (Å²) < 4.78 is 49.7. The van der Waals surface area contributed by atoms with Crippen molar-refractivity contribution < 1.29 is 28.1 Å². The van der Waals surface area contributed by atoms with Gasteiger partial charge in [0, 0.05) is 48.0 Å². The number of benzene rings is 2. The Hall–Kier alpha value is -1.87. The van der Waals surface area contributed by atoms with Crippen LogP contribution in [-0.2, 0) is 30.1 Å². The molecule has 2 heterocycles. The first-order valence-corrected chi connectivity index (χ1v) is 17.7. The van der Waals surface area contributed by atoms with Crippen LogP contribution in [0.4, 0.5) is 4.39 Å². The highest BCUT2D eigenvalue weighted by Crippen LogP contribution is 2.39. The fourth-order valence-corrected chi connectivity index (χ4v) is 6.75. The van der Waals surface area contributed by atoms with Crippen LogP contribution in [0.5, 0.6) is 0 Å². The SMILES string of the molecule is CCCCOCC1OC(c2cc(Cc3cc4ccccc4s3)ccc2F)[C@H](OCCCC)C(OCCCC)[C@@H]1OCCCC. The molecule has 0 bridgehead atoms. The zero-order chi connectivity index (χ0) is 31.1. The highest BCUT2D eigenvalue weighted by Gasteiger charge is 2.49. The molecule has 1 aliphatic rings. The van der Waals surface area contributed by atoms with E-state index in [-0.39, 0.29) is 11.9 Å². The quantitative estimate of drug-likeness (QED) is 0.117. The minimum absolute atomic E-state index is 0.289. The molecular formula is C37H53FO5S. The van der Waals surface area contributed by atoms with Crippen molar-refractivity contribution in [2.75, 3.05) is 33.0 Å². The summed E-state index contributed by atoms with van der Waals surface area (Å²) in [6, 6.07) is 16.1. The van der Waals surface area contributed by atoms with Crippen molar-refractivity contribution in [2.45, 2.75) is 116 Å². The summed E-state index contributed by atoms with van der Waals surface area (Å²) in [5.74, 6) is -0.289. The molecule has 5 nitrogen and oxygen atoms in total. The third-order valence-corrected chi connectivity index (χ3v) is 9.32. The number of rotatable bonds is 20. The molecule has 7 heteroatoms. The number of ether oxygens (including phenoxy) is 5. The Kier molecular flexibility index (Phi) is 15.1. The van der Waals surface area contributed by atoms with Crippen molar-refractivity contribution in [3.05, 3.63) is 70.4 Å². The summed E-state index contributed by atoms with van der Waals surface area (Å²) in [7, 11) is 0. The Labute approximate surface area is 268 Å². The maximum Gasteiger partial charge on any atom is 0.129 e. The van der Waals surface area contributed by atoms with Crippen LogP contribution in [0.2, 0.25) is 0 Å². The highest BCUT2D eigenvalue weighted by atomic mass is 32.1. The van der Waals surface area contributed by atoms with E-state index in [2.05, 4.69) is 58.0 Å². The average molecular weight is 629 g/mol. The number of hydrogen-bond acceptors (Lipinski definition) is 6. The van der Waals surface area contributed by atoms with Crippen molar-refractivity contribution in [1.82, 2.24) is 0 Å². The predicted molar refractivity (Wildman–Crippen MR) is 178 cm³/mol. The zero-order valence-corrected chi connectivity index (χ0v) is 28.0. The van der Waals surface area contributed by atoms with Gasteiger partial charge in [-0.2, -0.15) is 0 Å². The van der Waals surface area contributed by atoms with E-state index in [9.17, 15) is 0 Å². The van der Waals surface area contributed by atoms with Gasteiger partial charge in [-0.25, -0.2) is 4.39 Å². The van der Waals surface area contributed by atoms with Crippen LogP contribution in [0.15, 0.2) is 48.5 Å². The van der Waals surface area contributed by atoms with Gasteiger partial charge in [-0.15, -0.1) is 11.3 Å². The van der Waals surface area contributed by atoms with Crippen LogP contribution in [0.1, 0.15) is 101 Å². The molecule has 0 N–H and O–H groups in total. The third-order valence-electron chi connectivity index (χ3n) is 8.20. The van der Waals surface area contributed by atoms with Gasteiger partial charge in [0.05, 0.1) is 6.61 Å². The Morgan fingerprint density at radius 2 is 1.36 bits per heavy atom. The lowest BCUT2D eigenvalue weighted by Gasteiger charge is -2.46. The van der Waals surface area contributed by atoms with E-state index in [4.69, 9.17) is 23.7 Å². The minimum Gasteiger partial charge on any atom is -0.379 e. The van der Waals surface area contributed by atoms with Crippen LogP contribution in [0.3, 0.4) is 0 Å². The topological polar surface area (TPSA) is 46.2 Å². The van der Waals surface area contributed by atoms with Crippen molar-refractivity contribution in [3.8, 4) is 0 Å². The van der Waals surface area contributed by atoms with Crippen LogP contribution in [0, 0.1) is 5.82 Å². The number of halogens is 1. The normalized spacial score (nSPS) is 22.2. The van der Waals surface area contributed by atoms with Gasteiger partial charge in [-0.1, -0.05) is 77.6 Å². The second-order valence-electron chi connectivity index (χ2n) is 11.9. The second-order valence-corrected chi connectivity index (χ2v) is 13.0. The molecule has 1 saturated heterocycles. The summed E-state index contributed by atoms with van der Waals surface area (Å²) in [4.78, 5) is 1.25. The van der Waals surface area contributed by atoms with Crippen molar-refractivity contribution in [2.24, 2.45) is 0 Å². The molecule has 0 amide bonds. The summed E-state index contributed by atoms with van der Waals surface area (Å²) in [6.45, 7) is 11.4. The van der Waals surface area contributed by atoms with E-state index < -0.39 is 24.4 Å². The average Bonchev–Trinajstić information content (AvgIpc) is 3.44. The van der Waals surface area contributed by atoms with Gasteiger partial charge in [0.2, 0.25) is 0 Å². The fourth-order valence-electron chi connectivity index (χ4n) is 5.66. The monoisotopic (exact) mass is 628 g/mol. The van der Waals surface area contributed by atoms with E-state index in [0.717, 1.165) is 63.4 Å². The molecule has 4 rings (SSSR count). The summed E-state index contributed by atoms with van der Waals surface area (Å²) in [5, 5.41) is 1.24. The maximum absolute atomic E-state index is 15.8. The molecule has 1 fully saturated rings. The molecule has 2 aromatic carbocycles. The maximum atomic E-state index is 15.8. The Morgan fingerprint density at radius 3 is 2.05 bits per heavy atom. The van der Waals surface area contributed by atoms with E-state index >= 15 is 4.39 Å². The molecule has 0 aliphatic carbocycles. The number of thiophene rings is 1. The molecule has 0 saturated carbocycles. The minimum atomic E-state index is -0.647. The molecule has 5 atom stereocenters. The number of fused-ring (bicyclic) bond motifs is 1. The standard InChI is InChI=1S/C37H53FO5S/c1-5-9-19-39-26-32-35(40-20-10-6-2)37(42-22-12-8-4)36(41-21-11-7-3)34(43-32)30-24-27(17-18-31(30)38)23-29-25-28-15-13-14-16-33(28)44-29/h13-18,24-25,32,34-37H,5-12,19-23,26H2,1-4H3/t32?,34?,35-,36+,37?/m1/s1. The molecule has 244 valence electrons. The van der Waals surface area contributed by atoms with Crippen LogP contribution in [0.25, 0.3) is 10.1 Å². The summed E-state index contributed by atoms with van der Waals surface area (Å²) in [5.41, 5.74) is 1.56. The highest BCUT2D eigenvalue weighted by molar-refractivity contribution is 7.19. The van der Waals surface area contributed by atoms with Gasteiger partial charge in [0.25, 0.3) is 0 Å². The van der Waals surface area contributed by atoms with E-state index in [1.54, 1.807) is 17.4 Å². The first-order chi connectivity index (χ1) is 21.6. The first kappa shape index (κ1) is 35.0. The van der Waals surface area contributed by atoms with Gasteiger partial charge in [0.1, 0.15) is 36.3 Å². The predicted octanol–water partition coefficient (Wildman–Crippen LogP) is 9.44. The molecule has 3 unspecified atom stereocenters. The molecule has 3 aromatic rings. The van der Waals surface area contributed by atoms with Gasteiger partial charge in [-0.05, 0) is 60.9 Å². The second kappa shape index (κ2) is 18.9. The van der Waals surface area contributed by atoms with E-state index in [0.29, 0.717) is 38.6 Å². The van der Waals surface area contributed by atoms with E-state index in [1.165, 1.54) is 15.0 Å². The summed E-state index contributed by atoms with van der Waals surface area (Å²) in [6.07, 6.45) is 6.27. The van der Waals surface area contributed by atoms with Crippen LogP contribution >= 0.6 is 11.3 Å². The number of unbranched alkanes of at least 4 members (excludes halogenated alkanes) is 4. The van der Waals surface area contributed by atoms with Crippen molar-refractivity contribution in [3.63, 3.8) is 0 Å².